The zero-order valence-electron chi connectivity index (χ0n) is 11.4. The van der Waals surface area contributed by atoms with E-state index < -0.39 is 17.5 Å². The van der Waals surface area contributed by atoms with E-state index in [1.165, 1.54) is 0 Å². The maximum absolute atomic E-state index is 13.6. The molecule has 0 aliphatic carbocycles. The third-order valence-electron chi connectivity index (χ3n) is 2.97. The SMILES string of the molecule is CC(C)(CCCCl)CNC(=O)c1cc(F)c(Cl)cc1F. The lowest BCUT2D eigenvalue weighted by Gasteiger charge is -2.24. The van der Waals surface area contributed by atoms with Crippen molar-refractivity contribution >= 4 is 29.1 Å². The van der Waals surface area contributed by atoms with Crippen molar-refractivity contribution in [1.29, 1.82) is 0 Å². The molecule has 0 fully saturated rings. The van der Waals surface area contributed by atoms with Crippen LogP contribution in [0, 0.1) is 17.0 Å². The number of alkyl halides is 1. The molecule has 112 valence electrons. The lowest BCUT2D eigenvalue weighted by Crippen LogP contribution is -2.34. The summed E-state index contributed by atoms with van der Waals surface area (Å²) in [7, 11) is 0. The summed E-state index contributed by atoms with van der Waals surface area (Å²) in [6, 6.07) is 1.60. The van der Waals surface area contributed by atoms with Crippen LogP contribution >= 0.6 is 23.2 Å². The highest BCUT2D eigenvalue weighted by atomic mass is 35.5. The first-order valence-electron chi connectivity index (χ1n) is 6.25. The number of nitrogens with one attached hydrogen (secondary N) is 1. The van der Waals surface area contributed by atoms with Crippen LogP contribution in [0.1, 0.15) is 37.0 Å². The molecule has 0 aliphatic rings. The molecule has 0 radical (unpaired) electrons. The lowest BCUT2D eigenvalue weighted by atomic mass is 9.88. The average Bonchev–Trinajstić information content (AvgIpc) is 2.38. The summed E-state index contributed by atoms with van der Waals surface area (Å²) >= 11 is 11.1. The van der Waals surface area contributed by atoms with E-state index in [1.807, 2.05) is 13.8 Å². The van der Waals surface area contributed by atoms with E-state index in [-0.39, 0.29) is 16.0 Å². The van der Waals surface area contributed by atoms with Crippen LogP contribution in [0.25, 0.3) is 0 Å². The van der Waals surface area contributed by atoms with Gasteiger partial charge in [0.1, 0.15) is 11.6 Å². The zero-order valence-corrected chi connectivity index (χ0v) is 12.9. The monoisotopic (exact) mass is 323 g/mol. The molecule has 2 nitrogen and oxygen atoms in total. The number of halogens is 4. The van der Waals surface area contributed by atoms with E-state index in [9.17, 15) is 13.6 Å². The van der Waals surface area contributed by atoms with E-state index in [0.717, 1.165) is 25.0 Å². The van der Waals surface area contributed by atoms with Crippen molar-refractivity contribution in [2.45, 2.75) is 26.7 Å². The Morgan fingerprint density at radius 1 is 1.30 bits per heavy atom. The summed E-state index contributed by atoms with van der Waals surface area (Å²) in [6.07, 6.45) is 1.66. The zero-order chi connectivity index (χ0) is 15.3. The molecule has 1 amide bonds. The maximum atomic E-state index is 13.6. The van der Waals surface area contributed by atoms with Crippen molar-refractivity contribution in [2.24, 2.45) is 5.41 Å². The Morgan fingerprint density at radius 3 is 2.55 bits per heavy atom. The van der Waals surface area contributed by atoms with Crippen molar-refractivity contribution in [3.8, 4) is 0 Å². The topological polar surface area (TPSA) is 29.1 Å². The van der Waals surface area contributed by atoms with Gasteiger partial charge in [-0.3, -0.25) is 4.79 Å². The molecular weight excluding hydrogens is 307 g/mol. The van der Waals surface area contributed by atoms with E-state index in [4.69, 9.17) is 23.2 Å². The largest absolute Gasteiger partial charge is 0.351 e. The number of carbonyl (C=O) groups excluding carboxylic acids is 1. The molecule has 6 heteroatoms. The molecular formula is C14H17Cl2F2NO. The average molecular weight is 324 g/mol. The van der Waals surface area contributed by atoms with E-state index in [2.05, 4.69) is 5.32 Å². The third kappa shape index (κ3) is 4.91. The Morgan fingerprint density at radius 2 is 1.95 bits per heavy atom. The van der Waals surface area contributed by atoms with Crippen LogP contribution in [-0.2, 0) is 0 Å². The molecule has 0 heterocycles. The van der Waals surface area contributed by atoms with Crippen LogP contribution in [0.5, 0.6) is 0 Å². The highest BCUT2D eigenvalue weighted by molar-refractivity contribution is 6.30. The molecule has 0 saturated carbocycles. The van der Waals surface area contributed by atoms with Crippen LogP contribution < -0.4 is 5.32 Å². The van der Waals surface area contributed by atoms with Crippen LogP contribution in [-0.4, -0.2) is 18.3 Å². The number of carbonyl (C=O) groups is 1. The molecule has 0 saturated heterocycles. The van der Waals surface area contributed by atoms with Gasteiger partial charge in [0.25, 0.3) is 5.91 Å². The molecule has 0 atom stereocenters. The second-order valence-electron chi connectivity index (χ2n) is 5.39. The summed E-state index contributed by atoms with van der Waals surface area (Å²) in [5, 5.41) is 2.26. The van der Waals surface area contributed by atoms with E-state index in [0.29, 0.717) is 12.4 Å². The molecule has 0 bridgehead atoms. The summed E-state index contributed by atoms with van der Waals surface area (Å²) in [5.41, 5.74) is -0.508. The fraction of sp³-hybridized carbons (Fsp3) is 0.500. The highest BCUT2D eigenvalue weighted by Gasteiger charge is 2.21. The minimum absolute atomic E-state index is 0.161. The molecule has 1 aromatic carbocycles. The highest BCUT2D eigenvalue weighted by Crippen LogP contribution is 2.22. The second-order valence-corrected chi connectivity index (χ2v) is 6.17. The molecule has 0 unspecified atom stereocenters. The Kier molecular flexibility index (Phi) is 6.21. The van der Waals surface area contributed by atoms with Crippen molar-refractivity contribution in [1.82, 2.24) is 5.32 Å². The van der Waals surface area contributed by atoms with Gasteiger partial charge >= 0.3 is 0 Å². The predicted octanol–water partition coefficient (Wildman–Crippen LogP) is 4.39. The normalized spacial score (nSPS) is 11.5. The summed E-state index contributed by atoms with van der Waals surface area (Å²) in [4.78, 5) is 11.9. The summed E-state index contributed by atoms with van der Waals surface area (Å²) in [6.45, 7) is 4.30. The number of amides is 1. The van der Waals surface area contributed by atoms with Gasteiger partial charge in [-0.15, -0.1) is 11.6 Å². The minimum Gasteiger partial charge on any atom is -0.351 e. The van der Waals surface area contributed by atoms with Crippen molar-refractivity contribution in [3.63, 3.8) is 0 Å². The minimum atomic E-state index is -0.840. The molecule has 0 aromatic heterocycles. The summed E-state index contributed by atoms with van der Waals surface area (Å²) < 4.78 is 26.8. The Bertz CT molecular complexity index is 492. The number of hydrogen-bond donors (Lipinski definition) is 1. The van der Waals surface area contributed by atoms with E-state index in [1.54, 1.807) is 0 Å². The van der Waals surface area contributed by atoms with Crippen LogP contribution in [0.4, 0.5) is 8.78 Å². The Balaban J connectivity index is 2.70. The first-order valence-corrected chi connectivity index (χ1v) is 7.17. The fourth-order valence-corrected chi connectivity index (χ4v) is 2.03. The summed E-state index contributed by atoms with van der Waals surface area (Å²) in [5.74, 6) is -1.77. The van der Waals surface area contributed by atoms with Crippen LogP contribution in [0.15, 0.2) is 12.1 Å². The molecule has 0 aliphatic heterocycles. The maximum Gasteiger partial charge on any atom is 0.254 e. The van der Waals surface area contributed by atoms with Gasteiger partial charge in [0.05, 0.1) is 10.6 Å². The molecule has 1 aromatic rings. The first-order chi connectivity index (χ1) is 9.26. The van der Waals surface area contributed by atoms with E-state index >= 15 is 0 Å². The van der Waals surface area contributed by atoms with Gasteiger partial charge in [-0.1, -0.05) is 25.4 Å². The fourth-order valence-electron chi connectivity index (χ4n) is 1.75. The van der Waals surface area contributed by atoms with Gasteiger partial charge in [-0.2, -0.15) is 0 Å². The predicted molar refractivity (Wildman–Crippen MR) is 77.4 cm³/mol. The molecule has 1 N–H and O–H groups in total. The van der Waals surface area contributed by atoms with Gasteiger partial charge < -0.3 is 5.32 Å². The number of rotatable bonds is 6. The second kappa shape index (κ2) is 7.23. The van der Waals surface area contributed by atoms with Crippen LogP contribution in [0.3, 0.4) is 0 Å². The van der Waals surface area contributed by atoms with Gasteiger partial charge in [0.15, 0.2) is 0 Å². The Hall–Kier alpha value is -0.870. The van der Waals surface area contributed by atoms with Crippen molar-refractivity contribution in [3.05, 3.63) is 34.4 Å². The quantitative estimate of drug-likeness (QED) is 0.610. The van der Waals surface area contributed by atoms with Crippen molar-refractivity contribution < 1.29 is 13.6 Å². The van der Waals surface area contributed by atoms with Gasteiger partial charge in [0.2, 0.25) is 0 Å². The molecule has 20 heavy (non-hydrogen) atoms. The third-order valence-corrected chi connectivity index (χ3v) is 3.53. The standard InChI is InChI=1S/C14H17Cl2F2NO/c1-14(2,4-3-5-15)8-19-13(20)9-6-12(18)10(16)7-11(9)17/h6-7H,3-5,8H2,1-2H3,(H,19,20). The van der Waals surface area contributed by atoms with Crippen molar-refractivity contribution in [2.75, 3.05) is 12.4 Å². The number of benzene rings is 1. The Labute approximate surface area is 127 Å². The smallest absolute Gasteiger partial charge is 0.254 e. The molecule has 1 rings (SSSR count). The van der Waals surface area contributed by atoms with Gasteiger partial charge in [0, 0.05) is 12.4 Å². The van der Waals surface area contributed by atoms with Gasteiger partial charge in [-0.25, -0.2) is 8.78 Å². The lowest BCUT2D eigenvalue weighted by molar-refractivity contribution is 0.0930. The van der Waals surface area contributed by atoms with Gasteiger partial charge in [-0.05, 0) is 30.4 Å². The molecule has 0 spiro atoms. The number of hydrogen-bond acceptors (Lipinski definition) is 1. The first kappa shape index (κ1) is 17.2. The van der Waals surface area contributed by atoms with Crippen LogP contribution in [0.2, 0.25) is 5.02 Å².